The minimum Gasteiger partial charge on any atom is -0.449 e. The van der Waals surface area contributed by atoms with E-state index in [0.717, 1.165) is 62.3 Å². The Balaban J connectivity index is -0.000000250. The van der Waals surface area contributed by atoms with Crippen molar-refractivity contribution in [3.8, 4) is 0 Å². The number of imidazole rings is 2. The van der Waals surface area contributed by atoms with Gasteiger partial charge in [-0.25, -0.2) is 49.8 Å². The van der Waals surface area contributed by atoms with Gasteiger partial charge in [0.2, 0.25) is 0 Å². The fourth-order valence-electron chi connectivity index (χ4n) is 4.60. The van der Waals surface area contributed by atoms with Crippen LogP contribution in [0.3, 0.4) is 0 Å². The molecule has 0 atom stereocenters. The van der Waals surface area contributed by atoms with Gasteiger partial charge < -0.3 is 17.8 Å². The van der Waals surface area contributed by atoms with Crippen LogP contribution in [0, 0.1) is 76.2 Å². The minimum absolute atomic E-state index is 0.718. The van der Waals surface area contributed by atoms with Gasteiger partial charge in [-0.15, -0.1) is 21.5 Å². The molecule has 0 aromatic carbocycles. The number of oxazole rings is 1. The summed E-state index contributed by atoms with van der Waals surface area (Å²) in [6.07, 6.45) is 20.3. The van der Waals surface area contributed by atoms with Crippen molar-refractivity contribution in [3.63, 3.8) is 0 Å². The largest absolute Gasteiger partial charge is 0.449 e. The van der Waals surface area contributed by atoms with Gasteiger partial charge in [0.1, 0.15) is 60.3 Å². The molecule has 10 aromatic heterocycles. The number of rotatable bonds is 0. The molecule has 10 aromatic rings. The SMILES string of the molecule is CC.CC.CC.CC.CC.CC.CC.Cc1ccncn1.Cc1cncnc1.Cc1nc2ccccn2c1C.Cc1nc2ccccn2c1C.Cc1ncco1.Cc1nccs1.Cc1ncncn1.Cc1nnc(C)n1C. The zero-order valence-electron chi connectivity index (χ0n) is 52.0. The highest BCUT2D eigenvalue weighted by molar-refractivity contribution is 7.09. The first-order chi connectivity index (χ1) is 37.3. The fraction of sp³-hybridized carbons (Fsp3) is 0.441. The topological polar surface area (TPSA) is 194 Å². The normalized spacial score (nSPS) is 8.39. The third kappa shape index (κ3) is 37.8. The van der Waals surface area contributed by atoms with Crippen molar-refractivity contribution in [3.05, 3.63) is 185 Å². The number of aromatic nitrogens is 16. The molecule has 17 nitrogen and oxygen atoms in total. The van der Waals surface area contributed by atoms with Crippen molar-refractivity contribution in [1.82, 2.24) is 78.4 Å². The predicted molar refractivity (Wildman–Crippen MR) is 325 cm³/mol. The van der Waals surface area contributed by atoms with Gasteiger partial charge in [-0.05, 0) is 105 Å². The second-order valence-corrected chi connectivity index (χ2v) is 14.4. The van der Waals surface area contributed by atoms with Crippen molar-refractivity contribution < 1.29 is 4.42 Å². The second-order valence-electron chi connectivity index (χ2n) is 13.3. The highest BCUT2D eigenvalue weighted by Gasteiger charge is 2.01. The van der Waals surface area contributed by atoms with E-state index in [9.17, 15) is 0 Å². The summed E-state index contributed by atoms with van der Waals surface area (Å²) in [6, 6.07) is 13.9. The van der Waals surface area contributed by atoms with E-state index in [0.29, 0.717) is 0 Å². The van der Waals surface area contributed by atoms with Gasteiger partial charge >= 0.3 is 0 Å². The van der Waals surface area contributed by atoms with Gasteiger partial charge in [-0.2, -0.15) is 0 Å². The molecule has 426 valence electrons. The van der Waals surface area contributed by atoms with Crippen LogP contribution in [0.4, 0.5) is 0 Å². The Morgan fingerprint density at radius 1 is 0.455 bits per heavy atom. The van der Waals surface area contributed by atoms with E-state index in [1.165, 1.54) is 36.7 Å². The standard InChI is InChI=1S/2C9H10N2.C5H9N3.2C5H6N2.C4H5N3.C4H5NO.C4H5NS.7C2H6/c2*1-7-8(2)11-6-4-3-5-9(11)10-7;1-4-6-7-5(2)8(4)3;1-5-2-6-4-7-3-5;1-5-2-3-6-4-7-5;1-4-6-2-5-3-7-4;2*1-4-5-2-3-6-4;7*1-2/h2*3-6H,1-2H3;1-3H3;2*2-4H,1H3;2-3H,1H3;2*2-3H,1H3;7*1-2H3. The summed E-state index contributed by atoms with van der Waals surface area (Å²) >= 11 is 1.67. The van der Waals surface area contributed by atoms with Gasteiger partial charge in [-0.3, -0.25) is 4.98 Å². The molecule has 0 fully saturated rings. The first-order valence-electron chi connectivity index (χ1n) is 26.6. The zero-order valence-corrected chi connectivity index (χ0v) is 52.8. The molecule has 0 radical (unpaired) electrons. The summed E-state index contributed by atoms with van der Waals surface area (Å²) in [5, 5.41) is 10.8. The smallest absolute Gasteiger partial charge is 0.190 e. The lowest BCUT2D eigenvalue weighted by atomic mass is 10.4. The average Bonchev–Trinajstić information content (AvgIpc) is 4.35. The maximum atomic E-state index is 4.72. The van der Waals surface area contributed by atoms with Crippen molar-refractivity contribution >= 4 is 22.6 Å². The summed E-state index contributed by atoms with van der Waals surface area (Å²) < 4.78 is 10.9. The van der Waals surface area contributed by atoms with Crippen LogP contribution in [-0.2, 0) is 7.05 Å². The number of aryl methyl sites for hydroxylation is 11. The summed E-state index contributed by atoms with van der Waals surface area (Å²) in [5.41, 5.74) is 8.83. The predicted octanol–water partition coefficient (Wildman–Crippen LogP) is 15.7. The van der Waals surface area contributed by atoms with E-state index in [2.05, 4.69) is 87.7 Å². The number of hydrogen-bond donors (Lipinski definition) is 0. The van der Waals surface area contributed by atoms with Gasteiger partial charge in [0.05, 0.1) is 22.6 Å². The van der Waals surface area contributed by atoms with Gasteiger partial charge in [0.25, 0.3) is 0 Å². The van der Waals surface area contributed by atoms with Crippen LogP contribution in [0.5, 0.6) is 0 Å². The van der Waals surface area contributed by atoms with Crippen LogP contribution in [0.1, 0.15) is 159 Å². The number of thiazole rings is 1. The molecule has 10 heterocycles. The molecule has 0 N–H and O–H groups in total. The highest BCUT2D eigenvalue weighted by atomic mass is 32.1. The molecular weight excluding hydrogens is 981 g/mol. The lowest BCUT2D eigenvalue weighted by Gasteiger charge is -1.92. The summed E-state index contributed by atoms with van der Waals surface area (Å²) in [6.45, 7) is 49.6. The maximum absolute atomic E-state index is 4.72. The Morgan fingerprint density at radius 2 is 0.909 bits per heavy atom. The first kappa shape index (κ1) is 78.4. The minimum atomic E-state index is 0.718. The van der Waals surface area contributed by atoms with E-state index in [1.54, 1.807) is 55.5 Å². The zero-order chi connectivity index (χ0) is 60.0. The third-order valence-electron chi connectivity index (χ3n) is 8.48. The highest BCUT2D eigenvalue weighted by Crippen LogP contribution is 2.10. The summed E-state index contributed by atoms with van der Waals surface area (Å²) in [4.78, 5) is 42.7. The Hall–Kier alpha value is -7.47. The Labute approximate surface area is 468 Å². The monoisotopic (exact) mass is 1080 g/mol. The van der Waals surface area contributed by atoms with Crippen molar-refractivity contribution in [2.45, 2.75) is 173 Å². The van der Waals surface area contributed by atoms with Crippen LogP contribution >= 0.6 is 11.3 Å². The molecule has 0 unspecified atom stereocenters. The number of pyridine rings is 2. The van der Waals surface area contributed by atoms with Gasteiger partial charge in [0, 0.05) is 73.6 Å². The van der Waals surface area contributed by atoms with Crippen LogP contribution in [0.25, 0.3) is 11.3 Å². The van der Waals surface area contributed by atoms with Crippen LogP contribution in [0.15, 0.2) is 127 Å². The van der Waals surface area contributed by atoms with E-state index < -0.39 is 0 Å². The molecular formula is C59H98N16OS. The van der Waals surface area contributed by atoms with Crippen molar-refractivity contribution in [2.24, 2.45) is 7.05 Å². The van der Waals surface area contributed by atoms with E-state index in [1.807, 2.05) is 224 Å². The van der Waals surface area contributed by atoms with Gasteiger partial charge in [-0.1, -0.05) is 109 Å². The van der Waals surface area contributed by atoms with Crippen molar-refractivity contribution in [2.75, 3.05) is 0 Å². The number of fused-ring (bicyclic) bond motifs is 2. The molecule has 77 heavy (non-hydrogen) atoms. The van der Waals surface area contributed by atoms with Gasteiger partial charge in [0.15, 0.2) is 5.89 Å². The fourth-order valence-corrected chi connectivity index (χ4v) is 5.04. The summed E-state index contributed by atoms with van der Waals surface area (Å²) in [7, 11) is 1.95. The summed E-state index contributed by atoms with van der Waals surface area (Å²) in [5.74, 6) is 3.40. The molecule has 0 amide bonds. The Morgan fingerprint density at radius 3 is 1.13 bits per heavy atom. The molecule has 0 saturated carbocycles. The van der Waals surface area contributed by atoms with Crippen molar-refractivity contribution in [1.29, 1.82) is 0 Å². The lowest BCUT2D eigenvalue weighted by Crippen LogP contribution is -1.92. The molecule has 0 aliphatic rings. The van der Waals surface area contributed by atoms with Crippen LogP contribution in [-0.4, -0.2) is 78.4 Å². The number of hydrogen-bond acceptors (Lipinski definition) is 15. The molecule has 0 bridgehead atoms. The average molecular weight is 1080 g/mol. The van der Waals surface area contributed by atoms with E-state index >= 15 is 0 Å². The molecule has 10 rings (SSSR count). The quantitative estimate of drug-likeness (QED) is 0.139. The molecule has 0 aliphatic carbocycles. The number of nitrogens with zero attached hydrogens (tertiary/aromatic N) is 16. The second kappa shape index (κ2) is 54.8. The van der Waals surface area contributed by atoms with E-state index in [4.69, 9.17) is 4.42 Å². The molecule has 18 heteroatoms. The third-order valence-corrected chi connectivity index (χ3v) is 9.18. The first-order valence-corrected chi connectivity index (χ1v) is 27.5. The molecule has 0 spiro atoms. The van der Waals surface area contributed by atoms with Crippen LogP contribution < -0.4 is 0 Å². The molecule has 0 aliphatic heterocycles. The van der Waals surface area contributed by atoms with Crippen LogP contribution in [0.2, 0.25) is 0 Å². The lowest BCUT2D eigenvalue weighted by molar-refractivity contribution is 0.521. The van der Waals surface area contributed by atoms with E-state index in [-0.39, 0.29) is 0 Å². The molecule has 0 saturated heterocycles. The Kier molecular flexibility index (Phi) is 55.8. The Bertz CT molecular complexity index is 2490. The maximum Gasteiger partial charge on any atom is 0.190 e.